The first-order valence-corrected chi connectivity index (χ1v) is 7.36. The number of nitrogen functional groups attached to an aromatic ring is 1. The Bertz CT molecular complexity index is 474. The highest BCUT2D eigenvalue weighted by molar-refractivity contribution is 7.91. The average molecular weight is 278 g/mol. The number of benzene rings is 1. The van der Waals surface area contributed by atoms with Gasteiger partial charge in [-0.25, -0.2) is 8.42 Å². The largest absolute Gasteiger partial charge is 0.399 e. The van der Waals surface area contributed by atoms with Gasteiger partial charge in [-0.2, -0.15) is 0 Å². The smallest absolute Gasteiger partial charge is 0.182 e. The van der Waals surface area contributed by atoms with Crippen molar-refractivity contribution in [2.75, 3.05) is 24.7 Å². The fourth-order valence-corrected chi connectivity index (χ4v) is 2.99. The minimum atomic E-state index is -3.43. The number of rotatable bonds is 6. The fourth-order valence-electron chi connectivity index (χ4n) is 1.28. The van der Waals surface area contributed by atoms with Gasteiger partial charge >= 0.3 is 0 Å². The molecule has 0 heterocycles. The maximum absolute atomic E-state index is 11.9. The van der Waals surface area contributed by atoms with Gasteiger partial charge in [-0.05, 0) is 24.6 Å². The van der Waals surface area contributed by atoms with Crippen molar-refractivity contribution in [3.8, 4) is 0 Å². The lowest BCUT2D eigenvalue weighted by Crippen LogP contribution is -2.13. The van der Waals surface area contributed by atoms with E-state index in [4.69, 9.17) is 22.1 Å². The Morgan fingerprint density at radius 1 is 1.35 bits per heavy atom. The standard InChI is InChI=1S/C11H16ClNO3S/c1-2-5-16-6-7-17(14,15)11-8-9(13)3-4-10(11)12/h3-4,8H,2,5-7,13H2,1H3. The minimum absolute atomic E-state index is 0.0688. The van der Waals surface area contributed by atoms with Crippen molar-refractivity contribution in [2.45, 2.75) is 18.2 Å². The van der Waals surface area contributed by atoms with E-state index in [1.54, 1.807) is 6.07 Å². The molecule has 0 unspecified atom stereocenters. The maximum atomic E-state index is 11.9. The summed E-state index contributed by atoms with van der Waals surface area (Å²) in [5, 5.41) is 0.190. The molecule has 17 heavy (non-hydrogen) atoms. The number of sulfone groups is 1. The Balaban J connectivity index is 2.79. The first-order chi connectivity index (χ1) is 7.97. The highest BCUT2D eigenvalue weighted by atomic mass is 35.5. The second-order valence-corrected chi connectivity index (χ2v) is 6.11. The predicted molar refractivity (Wildman–Crippen MR) is 69.0 cm³/mol. The summed E-state index contributed by atoms with van der Waals surface area (Å²) in [5.41, 5.74) is 5.92. The van der Waals surface area contributed by atoms with Crippen LogP contribution in [0.25, 0.3) is 0 Å². The average Bonchev–Trinajstić information content (AvgIpc) is 2.28. The zero-order chi connectivity index (χ0) is 12.9. The zero-order valence-corrected chi connectivity index (χ0v) is 11.2. The molecule has 0 saturated carbocycles. The molecular formula is C11H16ClNO3S. The summed E-state index contributed by atoms with van der Waals surface area (Å²) in [5.74, 6) is -0.0871. The zero-order valence-electron chi connectivity index (χ0n) is 9.65. The first kappa shape index (κ1) is 14.3. The van der Waals surface area contributed by atoms with Gasteiger partial charge in [0.05, 0.1) is 22.3 Å². The number of anilines is 1. The molecule has 0 aromatic heterocycles. The van der Waals surface area contributed by atoms with Crippen molar-refractivity contribution in [2.24, 2.45) is 0 Å². The molecule has 1 rings (SSSR count). The third-order valence-corrected chi connectivity index (χ3v) is 4.29. The van der Waals surface area contributed by atoms with Crippen molar-refractivity contribution < 1.29 is 13.2 Å². The minimum Gasteiger partial charge on any atom is -0.399 e. The lowest BCUT2D eigenvalue weighted by atomic mass is 10.3. The van der Waals surface area contributed by atoms with E-state index < -0.39 is 9.84 Å². The normalized spacial score (nSPS) is 11.6. The first-order valence-electron chi connectivity index (χ1n) is 5.33. The molecule has 0 radical (unpaired) electrons. The molecule has 96 valence electrons. The lowest BCUT2D eigenvalue weighted by Gasteiger charge is -2.07. The molecule has 0 fully saturated rings. The lowest BCUT2D eigenvalue weighted by molar-refractivity contribution is 0.149. The molecular weight excluding hydrogens is 262 g/mol. The van der Waals surface area contributed by atoms with Crippen LogP contribution in [0.1, 0.15) is 13.3 Å². The Hall–Kier alpha value is -0.780. The second-order valence-electron chi connectivity index (χ2n) is 3.62. The van der Waals surface area contributed by atoms with Crippen molar-refractivity contribution in [3.63, 3.8) is 0 Å². The van der Waals surface area contributed by atoms with E-state index in [2.05, 4.69) is 0 Å². The molecule has 0 atom stereocenters. The summed E-state index contributed by atoms with van der Waals surface area (Å²) >= 11 is 5.85. The quantitative estimate of drug-likeness (QED) is 0.639. The molecule has 4 nitrogen and oxygen atoms in total. The monoisotopic (exact) mass is 277 g/mol. The Labute approximate surface area is 107 Å². The summed E-state index contributed by atoms with van der Waals surface area (Å²) in [6, 6.07) is 4.42. The molecule has 0 bridgehead atoms. The van der Waals surface area contributed by atoms with E-state index in [9.17, 15) is 8.42 Å². The van der Waals surface area contributed by atoms with Crippen LogP contribution in [0.2, 0.25) is 5.02 Å². The molecule has 0 aliphatic rings. The van der Waals surface area contributed by atoms with Gasteiger partial charge in [-0.15, -0.1) is 0 Å². The van der Waals surface area contributed by atoms with Crippen LogP contribution < -0.4 is 5.73 Å². The number of nitrogens with two attached hydrogens (primary N) is 1. The van der Waals surface area contributed by atoms with Crippen molar-refractivity contribution >= 4 is 27.1 Å². The van der Waals surface area contributed by atoms with Crippen LogP contribution in [0.3, 0.4) is 0 Å². The van der Waals surface area contributed by atoms with E-state index in [0.717, 1.165) is 6.42 Å². The molecule has 2 N–H and O–H groups in total. The molecule has 0 aliphatic carbocycles. The summed E-state index contributed by atoms with van der Waals surface area (Å²) in [7, 11) is -3.43. The van der Waals surface area contributed by atoms with E-state index in [-0.39, 0.29) is 22.3 Å². The molecule has 0 amide bonds. The SMILES string of the molecule is CCCOCCS(=O)(=O)c1cc(N)ccc1Cl. The maximum Gasteiger partial charge on any atom is 0.182 e. The number of hydrogen-bond donors (Lipinski definition) is 1. The summed E-state index contributed by atoms with van der Waals surface area (Å²) in [6.45, 7) is 2.69. The van der Waals surface area contributed by atoms with E-state index in [1.807, 2.05) is 6.92 Å². The van der Waals surface area contributed by atoms with Crippen molar-refractivity contribution in [3.05, 3.63) is 23.2 Å². The third kappa shape index (κ3) is 4.18. The molecule has 0 spiro atoms. The summed E-state index contributed by atoms with van der Waals surface area (Å²) in [6.07, 6.45) is 0.860. The summed E-state index contributed by atoms with van der Waals surface area (Å²) in [4.78, 5) is 0.0688. The van der Waals surface area contributed by atoms with Gasteiger partial charge in [-0.3, -0.25) is 0 Å². The van der Waals surface area contributed by atoms with Gasteiger partial charge in [0.1, 0.15) is 0 Å². The molecule has 1 aromatic rings. The Kier molecular flexibility index (Phi) is 5.24. The van der Waals surface area contributed by atoms with E-state index in [0.29, 0.717) is 12.3 Å². The van der Waals surface area contributed by atoms with Crippen LogP contribution in [0.5, 0.6) is 0 Å². The van der Waals surface area contributed by atoms with Crippen LogP contribution >= 0.6 is 11.6 Å². The third-order valence-electron chi connectivity index (χ3n) is 2.14. The number of ether oxygens (including phenoxy) is 1. The van der Waals surface area contributed by atoms with Gasteiger partial charge < -0.3 is 10.5 Å². The van der Waals surface area contributed by atoms with Crippen LogP contribution in [0.4, 0.5) is 5.69 Å². The van der Waals surface area contributed by atoms with Gasteiger partial charge in [0, 0.05) is 12.3 Å². The van der Waals surface area contributed by atoms with E-state index >= 15 is 0 Å². The second kappa shape index (κ2) is 6.23. The molecule has 6 heteroatoms. The van der Waals surface area contributed by atoms with Crippen molar-refractivity contribution in [1.29, 1.82) is 0 Å². The van der Waals surface area contributed by atoms with Gasteiger partial charge in [-0.1, -0.05) is 18.5 Å². The van der Waals surface area contributed by atoms with Crippen LogP contribution in [0, 0.1) is 0 Å². The number of halogens is 1. The van der Waals surface area contributed by atoms with Gasteiger partial charge in [0.15, 0.2) is 9.84 Å². The van der Waals surface area contributed by atoms with Crippen LogP contribution in [-0.4, -0.2) is 27.4 Å². The summed E-state index contributed by atoms with van der Waals surface area (Å²) < 4.78 is 29.1. The van der Waals surface area contributed by atoms with Gasteiger partial charge in [0.2, 0.25) is 0 Å². The van der Waals surface area contributed by atoms with E-state index in [1.165, 1.54) is 12.1 Å². The Morgan fingerprint density at radius 3 is 2.71 bits per heavy atom. The van der Waals surface area contributed by atoms with Crippen molar-refractivity contribution in [1.82, 2.24) is 0 Å². The molecule has 0 aliphatic heterocycles. The fraction of sp³-hybridized carbons (Fsp3) is 0.455. The predicted octanol–water partition coefficient (Wildman–Crippen LogP) is 2.12. The van der Waals surface area contributed by atoms with Gasteiger partial charge in [0.25, 0.3) is 0 Å². The molecule has 1 aromatic carbocycles. The highest BCUT2D eigenvalue weighted by Gasteiger charge is 2.18. The van der Waals surface area contributed by atoms with Crippen LogP contribution in [0.15, 0.2) is 23.1 Å². The van der Waals surface area contributed by atoms with Crippen LogP contribution in [-0.2, 0) is 14.6 Å². The number of hydrogen-bond acceptors (Lipinski definition) is 4. The highest BCUT2D eigenvalue weighted by Crippen LogP contribution is 2.24. The molecule has 0 saturated heterocycles. The Morgan fingerprint density at radius 2 is 2.06 bits per heavy atom. The topological polar surface area (TPSA) is 69.4 Å².